The van der Waals surface area contributed by atoms with Gasteiger partial charge in [-0.25, -0.2) is 9.78 Å². The van der Waals surface area contributed by atoms with Crippen LogP contribution in [0.5, 0.6) is 5.75 Å². The first-order chi connectivity index (χ1) is 15.7. The Labute approximate surface area is 194 Å². The third kappa shape index (κ3) is 4.65. The molecule has 0 aliphatic carbocycles. The molecule has 1 atom stereocenters. The first-order valence-electron chi connectivity index (χ1n) is 10.5. The average Bonchev–Trinajstić information content (AvgIpc) is 3.37. The zero-order chi connectivity index (χ0) is 23.8. The maximum Gasteiger partial charge on any atom is 0.547 e. The number of fused-ring (bicyclic) bond motifs is 1. The van der Waals surface area contributed by atoms with Crippen molar-refractivity contribution in [3.05, 3.63) is 39.9 Å². The lowest BCUT2D eigenvalue weighted by molar-refractivity contribution is -0.910. The van der Waals surface area contributed by atoms with Gasteiger partial charge in [0.15, 0.2) is 10.8 Å². The van der Waals surface area contributed by atoms with Gasteiger partial charge in [-0.2, -0.15) is 0 Å². The molecule has 1 aromatic carbocycles. The zero-order valence-corrected chi connectivity index (χ0v) is 18.8. The zero-order valence-electron chi connectivity index (χ0n) is 18.0. The highest BCUT2D eigenvalue weighted by Crippen LogP contribution is 2.34. The summed E-state index contributed by atoms with van der Waals surface area (Å²) in [5.41, 5.74) is 6.55. The SMILES string of the molecule is C[N+]1(Cc2ccc3c(c2C(=O)O)OB(O)C(NC(=O)C(=NO)c2csc(N)n2)C3)CCCC1. The van der Waals surface area contributed by atoms with Gasteiger partial charge in [-0.1, -0.05) is 17.3 Å². The van der Waals surface area contributed by atoms with Gasteiger partial charge in [0.25, 0.3) is 5.91 Å². The highest BCUT2D eigenvalue weighted by molar-refractivity contribution is 7.13. The van der Waals surface area contributed by atoms with E-state index in [4.69, 9.17) is 10.4 Å². The van der Waals surface area contributed by atoms with Crippen molar-refractivity contribution in [3.63, 3.8) is 0 Å². The number of carbonyl (C=O) groups excluding carboxylic acids is 1. The van der Waals surface area contributed by atoms with E-state index in [0.29, 0.717) is 17.7 Å². The molecule has 33 heavy (non-hydrogen) atoms. The molecule has 4 rings (SSSR count). The van der Waals surface area contributed by atoms with Crippen molar-refractivity contribution in [2.24, 2.45) is 5.16 Å². The lowest BCUT2D eigenvalue weighted by Gasteiger charge is -2.32. The van der Waals surface area contributed by atoms with Crippen molar-refractivity contribution in [1.29, 1.82) is 0 Å². The number of carboxylic acids is 1. The third-order valence-corrected chi connectivity index (χ3v) is 6.83. The van der Waals surface area contributed by atoms with Crippen LogP contribution < -0.4 is 15.7 Å². The van der Waals surface area contributed by atoms with Gasteiger partial charge in [0.2, 0.25) is 0 Å². The molecule has 0 radical (unpaired) electrons. The second-order valence-electron chi connectivity index (χ2n) is 8.64. The monoisotopic (exact) mass is 474 g/mol. The van der Waals surface area contributed by atoms with Gasteiger partial charge < -0.3 is 35.5 Å². The molecule has 13 heteroatoms. The number of anilines is 1. The largest absolute Gasteiger partial charge is 0.547 e. The molecule has 0 spiro atoms. The van der Waals surface area contributed by atoms with E-state index in [9.17, 15) is 24.9 Å². The van der Waals surface area contributed by atoms with E-state index in [2.05, 4.69) is 22.5 Å². The van der Waals surface area contributed by atoms with Crippen molar-refractivity contribution in [2.45, 2.75) is 31.7 Å². The minimum atomic E-state index is -1.49. The van der Waals surface area contributed by atoms with E-state index < -0.39 is 24.9 Å². The van der Waals surface area contributed by atoms with E-state index >= 15 is 0 Å². The van der Waals surface area contributed by atoms with Crippen LogP contribution in [0.4, 0.5) is 5.13 Å². The number of nitrogens with one attached hydrogen (secondary N) is 1. The predicted octanol–water partition coefficient (Wildman–Crippen LogP) is 0.482. The molecule has 1 amide bonds. The number of rotatable bonds is 6. The fraction of sp³-hybridized carbons (Fsp3) is 0.400. The highest BCUT2D eigenvalue weighted by atomic mass is 32.1. The Balaban J connectivity index is 1.56. The van der Waals surface area contributed by atoms with Gasteiger partial charge in [0.1, 0.15) is 23.6 Å². The van der Waals surface area contributed by atoms with E-state index in [1.807, 2.05) is 0 Å². The van der Waals surface area contributed by atoms with Crippen LogP contribution in [0.3, 0.4) is 0 Å². The number of likely N-dealkylation sites (tertiary alicyclic amines) is 1. The summed E-state index contributed by atoms with van der Waals surface area (Å²) in [5, 5.41) is 37.0. The number of carboxylic acid groups (broad SMARTS) is 1. The molecule has 0 saturated carbocycles. The number of nitrogens with zero attached hydrogens (tertiary/aromatic N) is 3. The van der Waals surface area contributed by atoms with Gasteiger partial charge >= 0.3 is 13.1 Å². The van der Waals surface area contributed by atoms with Crippen LogP contribution >= 0.6 is 11.3 Å². The van der Waals surface area contributed by atoms with Gasteiger partial charge in [0.05, 0.1) is 26.1 Å². The van der Waals surface area contributed by atoms with Crippen molar-refractivity contribution >= 4 is 41.2 Å². The first-order valence-corrected chi connectivity index (χ1v) is 11.4. The molecule has 1 aromatic heterocycles. The fourth-order valence-electron chi connectivity index (χ4n) is 4.51. The number of aromatic nitrogens is 1. The number of amides is 1. The summed E-state index contributed by atoms with van der Waals surface area (Å²) in [4.78, 5) is 28.7. The number of benzene rings is 1. The van der Waals surface area contributed by atoms with Crippen LogP contribution in [-0.4, -0.2) is 75.6 Å². The topological polar surface area (TPSA) is 167 Å². The Bertz CT molecular complexity index is 1120. The molecule has 1 fully saturated rings. The molecule has 174 valence electrons. The lowest BCUT2D eigenvalue weighted by atomic mass is 9.72. The summed E-state index contributed by atoms with van der Waals surface area (Å²) in [6.45, 7) is 2.52. The quantitative estimate of drug-likeness (QED) is 0.133. The summed E-state index contributed by atoms with van der Waals surface area (Å²) < 4.78 is 6.37. The van der Waals surface area contributed by atoms with Crippen LogP contribution in [0.25, 0.3) is 0 Å². The summed E-state index contributed by atoms with van der Waals surface area (Å²) >= 11 is 1.08. The number of quaternary nitrogens is 1. The predicted molar refractivity (Wildman–Crippen MR) is 121 cm³/mol. The summed E-state index contributed by atoms with van der Waals surface area (Å²) in [6, 6.07) is 3.55. The van der Waals surface area contributed by atoms with E-state index in [0.717, 1.165) is 41.8 Å². The second kappa shape index (κ2) is 9.00. The van der Waals surface area contributed by atoms with E-state index in [-0.39, 0.29) is 34.3 Å². The maximum atomic E-state index is 12.6. The number of thiazole rings is 1. The standard InChI is InChI=1S/C20H24BN5O6S/c1-26(6-2-3-7-26)9-12-5-4-11-8-14(21(30)32-17(11)15(12)19(28)29)24-18(27)16(25-31)13-10-33-20(22)23-13/h4-5,10,14,30H,2-3,6-9H2,1H3,(H4-,22,23,24,27,28,29,31)/p+1. The molecule has 6 N–H and O–H groups in total. The molecular formula is C20H25BN5O6S+. The molecule has 0 bridgehead atoms. The normalized spacial score (nSPS) is 19.6. The molecule has 1 saturated heterocycles. The van der Waals surface area contributed by atoms with Crippen molar-refractivity contribution < 1.29 is 34.1 Å². The molecule has 2 aliphatic heterocycles. The fourth-order valence-corrected chi connectivity index (χ4v) is 5.05. The average molecular weight is 474 g/mol. The van der Waals surface area contributed by atoms with Gasteiger partial charge in [-0.05, 0) is 12.0 Å². The van der Waals surface area contributed by atoms with Crippen molar-refractivity contribution in [3.8, 4) is 5.75 Å². The van der Waals surface area contributed by atoms with Crippen LogP contribution in [0.15, 0.2) is 22.7 Å². The Morgan fingerprint density at radius 2 is 2.12 bits per heavy atom. The number of hydrogen-bond donors (Lipinski definition) is 5. The van der Waals surface area contributed by atoms with Gasteiger partial charge in [0, 0.05) is 23.8 Å². The maximum absolute atomic E-state index is 12.6. The minimum absolute atomic E-state index is 0.0399. The first kappa shape index (κ1) is 23.0. The number of nitrogens with two attached hydrogens (primary N) is 1. The van der Waals surface area contributed by atoms with Crippen molar-refractivity contribution in [1.82, 2.24) is 10.3 Å². The number of nitrogen functional groups attached to an aromatic ring is 1. The lowest BCUT2D eigenvalue weighted by Crippen LogP contribution is -2.54. The third-order valence-electron chi connectivity index (χ3n) is 6.16. The van der Waals surface area contributed by atoms with Gasteiger partial charge in [-0.15, -0.1) is 11.3 Å². The Morgan fingerprint density at radius 3 is 2.73 bits per heavy atom. The molecule has 11 nitrogen and oxygen atoms in total. The number of oxime groups is 1. The van der Waals surface area contributed by atoms with Crippen LogP contribution in [0, 0.1) is 0 Å². The number of carbonyl (C=O) groups is 2. The van der Waals surface area contributed by atoms with Gasteiger partial charge in [-0.3, -0.25) is 4.79 Å². The number of aromatic carboxylic acids is 1. The summed E-state index contributed by atoms with van der Waals surface area (Å²) in [7, 11) is 0.613. The van der Waals surface area contributed by atoms with E-state index in [1.165, 1.54) is 5.38 Å². The Kier molecular flexibility index (Phi) is 6.28. The molecule has 2 aliphatic rings. The molecule has 3 heterocycles. The highest BCUT2D eigenvalue weighted by Gasteiger charge is 2.40. The van der Waals surface area contributed by atoms with E-state index in [1.54, 1.807) is 12.1 Å². The smallest absolute Gasteiger partial charge is 0.534 e. The Hall–Kier alpha value is -3.16. The Morgan fingerprint density at radius 1 is 1.39 bits per heavy atom. The molecule has 2 aromatic rings. The molecular weight excluding hydrogens is 449 g/mol. The minimum Gasteiger partial charge on any atom is -0.534 e. The summed E-state index contributed by atoms with van der Waals surface area (Å²) in [6.07, 6.45) is 2.34. The summed E-state index contributed by atoms with van der Waals surface area (Å²) in [5.74, 6) is -2.68. The van der Waals surface area contributed by atoms with Crippen LogP contribution in [0.1, 0.15) is 40.0 Å². The number of hydrogen-bond acceptors (Lipinski definition) is 9. The van der Waals surface area contributed by atoms with Crippen LogP contribution in [-0.2, 0) is 17.8 Å². The molecule has 1 unspecified atom stereocenters. The second-order valence-corrected chi connectivity index (χ2v) is 9.53. The van der Waals surface area contributed by atoms with Crippen molar-refractivity contribution in [2.75, 3.05) is 25.9 Å². The van der Waals surface area contributed by atoms with Crippen LogP contribution in [0.2, 0.25) is 0 Å².